The molecule has 1 aromatic carbocycles. The number of ketones is 1. The zero-order chi connectivity index (χ0) is 20.8. The highest BCUT2D eigenvalue weighted by molar-refractivity contribution is 7.18. The van der Waals surface area contributed by atoms with Crippen LogP contribution in [0, 0.1) is 13.8 Å². The summed E-state index contributed by atoms with van der Waals surface area (Å²) in [6.45, 7) is 5.30. The van der Waals surface area contributed by atoms with Gasteiger partial charge >= 0.3 is 5.97 Å². The van der Waals surface area contributed by atoms with Gasteiger partial charge in [-0.2, -0.15) is 0 Å². The highest BCUT2D eigenvalue weighted by atomic mass is 32.1. The van der Waals surface area contributed by atoms with Gasteiger partial charge < -0.3 is 15.8 Å². The zero-order valence-electron chi connectivity index (χ0n) is 16.0. The second-order valence-electron chi connectivity index (χ2n) is 6.18. The first-order valence-corrected chi connectivity index (χ1v) is 9.56. The van der Waals surface area contributed by atoms with Crippen molar-refractivity contribution in [3.63, 3.8) is 0 Å². The predicted molar refractivity (Wildman–Crippen MR) is 107 cm³/mol. The summed E-state index contributed by atoms with van der Waals surface area (Å²) in [4.78, 5) is 48.5. The minimum Gasteiger partial charge on any atom is -0.462 e. The summed E-state index contributed by atoms with van der Waals surface area (Å²) in [5, 5.41) is 2.79. The Morgan fingerprint density at radius 2 is 1.71 bits per heavy atom. The smallest absolute Gasteiger partial charge is 0.341 e. The van der Waals surface area contributed by atoms with Gasteiger partial charge in [-0.05, 0) is 26.3 Å². The van der Waals surface area contributed by atoms with Crippen LogP contribution in [-0.2, 0) is 9.53 Å². The van der Waals surface area contributed by atoms with Gasteiger partial charge in [-0.15, -0.1) is 11.3 Å². The summed E-state index contributed by atoms with van der Waals surface area (Å²) in [5.41, 5.74) is 7.39. The van der Waals surface area contributed by atoms with Crippen LogP contribution in [0.15, 0.2) is 24.3 Å². The number of aryl methyl sites for hydroxylation is 1. The summed E-state index contributed by atoms with van der Waals surface area (Å²) < 4.78 is 5.00. The number of benzene rings is 1. The van der Waals surface area contributed by atoms with Crippen LogP contribution >= 0.6 is 11.3 Å². The number of amides is 2. The third-order valence-corrected chi connectivity index (χ3v) is 5.28. The molecular formula is C20H22N2O5S. The number of anilines is 1. The van der Waals surface area contributed by atoms with Crippen LogP contribution < -0.4 is 11.1 Å². The van der Waals surface area contributed by atoms with Gasteiger partial charge in [0.25, 0.3) is 5.91 Å². The molecule has 0 bridgehead atoms. The van der Waals surface area contributed by atoms with E-state index in [2.05, 4.69) is 5.32 Å². The van der Waals surface area contributed by atoms with Crippen molar-refractivity contribution in [3.8, 4) is 0 Å². The molecule has 0 saturated heterocycles. The van der Waals surface area contributed by atoms with Crippen molar-refractivity contribution in [2.45, 2.75) is 33.6 Å². The molecule has 2 amide bonds. The monoisotopic (exact) mass is 402 g/mol. The van der Waals surface area contributed by atoms with Crippen LogP contribution in [0.3, 0.4) is 0 Å². The number of thiophene rings is 1. The number of hydrogen-bond acceptors (Lipinski definition) is 6. The van der Waals surface area contributed by atoms with E-state index in [-0.39, 0.29) is 40.7 Å². The number of nitrogens with two attached hydrogens (primary N) is 1. The first-order chi connectivity index (χ1) is 13.2. The SMILES string of the molecule is CCOC(=O)c1c(NC(=O)CCC(=O)c2ccc(C)cc2)sc(C(N)=O)c1C. The van der Waals surface area contributed by atoms with Gasteiger partial charge in [-0.3, -0.25) is 14.4 Å². The summed E-state index contributed by atoms with van der Waals surface area (Å²) in [7, 11) is 0. The fourth-order valence-corrected chi connectivity index (χ4v) is 3.65. The number of primary amides is 1. The molecule has 3 N–H and O–H groups in total. The number of Topliss-reactive ketones (excluding diaryl/α,β-unsaturated/α-hetero) is 1. The van der Waals surface area contributed by atoms with E-state index in [0.717, 1.165) is 16.9 Å². The van der Waals surface area contributed by atoms with Gasteiger partial charge in [-0.25, -0.2) is 4.79 Å². The van der Waals surface area contributed by atoms with Gasteiger partial charge in [0.1, 0.15) is 5.00 Å². The molecule has 0 saturated carbocycles. The maximum Gasteiger partial charge on any atom is 0.341 e. The van der Waals surface area contributed by atoms with Crippen LogP contribution in [0.4, 0.5) is 5.00 Å². The van der Waals surface area contributed by atoms with Gasteiger partial charge in [0.2, 0.25) is 5.91 Å². The van der Waals surface area contributed by atoms with Crippen LogP contribution in [0.2, 0.25) is 0 Å². The topological polar surface area (TPSA) is 116 Å². The molecule has 0 aliphatic heterocycles. The molecule has 2 aromatic rings. The maximum absolute atomic E-state index is 12.3. The molecule has 28 heavy (non-hydrogen) atoms. The third kappa shape index (κ3) is 5.04. The molecule has 0 spiro atoms. The minimum atomic E-state index is -0.692. The molecule has 148 valence electrons. The molecule has 1 heterocycles. The number of hydrogen-bond donors (Lipinski definition) is 2. The quantitative estimate of drug-likeness (QED) is 0.519. The number of esters is 1. The Kier molecular flexibility index (Phi) is 7.06. The minimum absolute atomic E-state index is 0.0245. The predicted octanol–water partition coefficient (Wildman–Crippen LogP) is 3.24. The lowest BCUT2D eigenvalue weighted by atomic mass is 10.0. The van der Waals surface area contributed by atoms with E-state index in [9.17, 15) is 19.2 Å². The van der Waals surface area contributed by atoms with E-state index in [4.69, 9.17) is 10.5 Å². The highest BCUT2D eigenvalue weighted by Gasteiger charge is 2.25. The molecule has 8 heteroatoms. The van der Waals surface area contributed by atoms with Crippen molar-refractivity contribution in [1.82, 2.24) is 0 Å². The number of nitrogens with one attached hydrogen (secondary N) is 1. The Hall–Kier alpha value is -3.00. The van der Waals surface area contributed by atoms with Gasteiger partial charge in [-0.1, -0.05) is 29.8 Å². The largest absolute Gasteiger partial charge is 0.462 e. The average Bonchev–Trinajstić information content (AvgIpc) is 2.96. The Labute approximate surface area is 166 Å². The van der Waals surface area contributed by atoms with Crippen LogP contribution in [0.5, 0.6) is 0 Å². The third-order valence-electron chi connectivity index (χ3n) is 4.06. The number of ether oxygens (including phenoxy) is 1. The molecule has 0 radical (unpaired) electrons. The lowest BCUT2D eigenvalue weighted by molar-refractivity contribution is -0.116. The van der Waals surface area contributed by atoms with E-state index in [1.807, 2.05) is 19.1 Å². The van der Waals surface area contributed by atoms with Gasteiger partial charge in [0, 0.05) is 18.4 Å². The average molecular weight is 402 g/mol. The number of rotatable bonds is 8. The lowest BCUT2D eigenvalue weighted by Gasteiger charge is -2.07. The normalized spacial score (nSPS) is 10.4. The first kappa shape index (κ1) is 21.3. The summed E-state index contributed by atoms with van der Waals surface area (Å²) in [5.74, 6) is -1.93. The Morgan fingerprint density at radius 3 is 2.29 bits per heavy atom. The molecule has 0 aliphatic carbocycles. The fourth-order valence-electron chi connectivity index (χ4n) is 2.59. The molecule has 7 nitrogen and oxygen atoms in total. The molecule has 0 atom stereocenters. The second kappa shape index (κ2) is 9.27. The van der Waals surface area contributed by atoms with Crippen LogP contribution in [0.25, 0.3) is 0 Å². The van der Waals surface area contributed by atoms with Gasteiger partial charge in [0.15, 0.2) is 5.78 Å². The zero-order valence-corrected chi connectivity index (χ0v) is 16.8. The van der Waals surface area contributed by atoms with Crippen molar-refractivity contribution in [2.24, 2.45) is 5.73 Å². The Morgan fingerprint density at radius 1 is 1.07 bits per heavy atom. The highest BCUT2D eigenvalue weighted by Crippen LogP contribution is 2.33. The van der Waals surface area contributed by atoms with E-state index in [0.29, 0.717) is 11.1 Å². The Balaban J connectivity index is 2.11. The molecule has 0 aliphatic rings. The van der Waals surface area contributed by atoms with Gasteiger partial charge in [0.05, 0.1) is 17.0 Å². The Bertz CT molecular complexity index is 915. The van der Waals surface area contributed by atoms with Crippen molar-refractivity contribution >= 4 is 39.9 Å². The fraction of sp³-hybridized carbons (Fsp3) is 0.300. The van der Waals surface area contributed by atoms with Crippen LogP contribution in [0.1, 0.15) is 61.3 Å². The van der Waals surface area contributed by atoms with Crippen molar-refractivity contribution in [3.05, 3.63) is 51.4 Å². The first-order valence-electron chi connectivity index (χ1n) is 8.74. The van der Waals surface area contributed by atoms with Crippen LogP contribution in [-0.4, -0.2) is 30.2 Å². The lowest BCUT2D eigenvalue weighted by Crippen LogP contribution is -2.16. The van der Waals surface area contributed by atoms with Crippen molar-refractivity contribution < 1.29 is 23.9 Å². The van der Waals surface area contributed by atoms with E-state index >= 15 is 0 Å². The summed E-state index contributed by atoms with van der Waals surface area (Å²) >= 11 is 0.917. The standard InChI is InChI=1S/C20H22N2O5S/c1-4-27-20(26)16-12(3)17(18(21)25)28-19(16)22-15(24)10-9-14(23)13-7-5-11(2)6-8-13/h5-8H,4,9-10H2,1-3H3,(H2,21,25)(H,22,24). The molecule has 2 rings (SSSR count). The molecule has 0 fully saturated rings. The van der Waals surface area contributed by atoms with E-state index in [1.54, 1.807) is 26.0 Å². The number of carbonyl (C=O) groups excluding carboxylic acids is 4. The number of carbonyl (C=O) groups is 4. The van der Waals surface area contributed by atoms with E-state index in [1.165, 1.54) is 0 Å². The molecule has 0 unspecified atom stereocenters. The summed E-state index contributed by atoms with van der Waals surface area (Å²) in [6, 6.07) is 7.10. The molecular weight excluding hydrogens is 380 g/mol. The summed E-state index contributed by atoms with van der Waals surface area (Å²) in [6.07, 6.45) is -0.0332. The van der Waals surface area contributed by atoms with Crippen molar-refractivity contribution in [2.75, 3.05) is 11.9 Å². The maximum atomic E-state index is 12.3. The molecule has 1 aromatic heterocycles. The van der Waals surface area contributed by atoms with Crippen molar-refractivity contribution in [1.29, 1.82) is 0 Å². The van der Waals surface area contributed by atoms with E-state index < -0.39 is 17.8 Å². The second-order valence-corrected chi connectivity index (χ2v) is 7.20.